The highest BCUT2D eigenvalue weighted by molar-refractivity contribution is 5.91. The highest BCUT2D eigenvalue weighted by Crippen LogP contribution is 2.38. The van der Waals surface area contributed by atoms with Gasteiger partial charge in [0.1, 0.15) is 0 Å². The minimum Gasteiger partial charge on any atom is -0.425 e. The summed E-state index contributed by atoms with van der Waals surface area (Å²) in [5, 5.41) is 9.79. The van der Waals surface area contributed by atoms with Gasteiger partial charge < -0.3 is 19.3 Å². The monoisotopic (exact) mass is 364 g/mol. The van der Waals surface area contributed by atoms with Crippen LogP contribution < -0.4 is 0 Å². The van der Waals surface area contributed by atoms with E-state index in [1.807, 2.05) is 0 Å². The number of carbonyl (C=O) groups excluding carboxylic acids is 1. The standard InChI is InChI=1S/C19H18F2O5/c1-12-7-5-6-10-14(12)16(22)25-18-19(20,21)15(17(23)26-18)24-11-13-8-3-2-4-9-13/h2-10,15,17-18,23H,11H2,1H3/t15-,17?,18-/m0/s1. The molecule has 1 N–H and O–H groups in total. The first-order chi connectivity index (χ1) is 12.4. The topological polar surface area (TPSA) is 65.0 Å². The largest absolute Gasteiger partial charge is 0.425 e. The number of alkyl halides is 2. The van der Waals surface area contributed by atoms with E-state index in [4.69, 9.17) is 14.2 Å². The molecule has 1 heterocycles. The van der Waals surface area contributed by atoms with E-state index in [-0.39, 0.29) is 12.2 Å². The predicted octanol–water partition coefficient (Wildman–Crippen LogP) is 3.05. The molecule has 1 aliphatic rings. The molecule has 26 heavy (non-hydrogen) atoms. The van der Waals surface area contributed by atoms with Gasteiger partial charge in [0, 0.05) is 0 Å². The van der Waals surface area contributed by atoms with Crippen LogP contribution in [0.15, 0.2) is 54.6 Å². The molecule has 7 heteroatoms. The number of halogens is 2. The highest BCUT2D eigenvalue weighted by atomic mass is 19.3. The van der Waals surface area contributed by atoms with E-state index in [9.17, 15) is 18.7 Å². The number of hydrogen-bond acceptors (Lipinski definition) is 5. The minimum absolute atomic E-state index is 0.139. The molecule has 0 spiro atoms. The van der Waals surface area contributed by atoms with Crippen molar-refractivity contribution in [1.82, 2.24) is 0 Å². The lowest BCUT2D eigenvalue weighted by Crippen LogP contribution is -2.43. The zero-order valence-corrected chi connectivity index (χ0v) is 14.0. The van der Waals surface area contributed by atoms with Crippen molar-refractivity contribution in [2.45, 2.75) is 38.1 Å². The summed E-state index contributed by atoms with van der Waals surface area (Å²) in [5.41, 5.74) is 1.39. The van der Waals surface area contributed by atoms with E-state index in [0.29, 0.717) is 11.1 Å². The highest BCUT2D eigenvalue weighted by Gasteiger charge is 2.62. The number of aliphatic hydroxyl groups excluding tert-OH is 1. The lowest BCUT2D eigenvalue weighted by atomic mass is 10.1. The molecular formula is C19H18F2O5. The van der Waals surface area contributed by atoms with Crippen LogP contribution in [-0.2, 0) is 20.8 Å². The van der Waals surface area contributed by atoms with Gasteiger partial charge in [-0.15, -0.1) is 0 Å². The predicted molar refractivity (Wildman–Crippen MR) is 87.4 cm³/mol. The van der Waals surface area contributed by atoms with Crippen LogP contribution in [-0.4, -0.2) is 35.7 Å². The fourth-order valence-corrected chi connectivity index (χ4v) is 2.64. The average Bonchev–Trinajstić information content (AvgIpc) is 2.82. The van der Waals surface area contributed by atoms with Crippen LogP contribution in [0.3, 0.4) is 0 Å². The Morgan fingerprint density at radius 2 is 1.81 bits per heavy atom. The summed E-state index contributed by atoms with van der Waals surface area (Å²) in [6.07, 6.45) is -6.09. The minimum atomic E-state index is -3.70. The number of aryl methyl sites for hydroxylation is 1. The van der Waals surface area contributed by atoms with Gasteiger partial charge in [0.15, 0.2) is 12.4 Å². The maximum absolute atomic E-state index is 14.5. The average molecular weight is 364 g/mol. The zero-order chi connectivity index (χ0) is 18.7. The van der Waals surface area contributed by atoms with Crippen LogP contribution >= 0.6 is 0 Å². The Balaban J connectivity index is 1.68. The van der Waals surface area contributed by atoms with Crippen molar-refractivity contribution in [1.29, 1.82) is 0 Å². The Morgan fingerprint density at radius 1 is 1.15 bits per heavy atom. The summed E-state index contributed by atoms with van der Waals surface area (Å²) < 4.78 is 43.7. The molecule has 0 saturated carbocycles. The number of rotatable bonds is 5. The van der Waals surface area contributed by atoms with Crippen molar-refractivity contribution in [3.8, 4) is 0 Å². The molecule has 0 amide bonds. The fraction of sp³-hybridized carbons (Fsp3) is 0.316. The van der Waals surface area contributed by atoms with Gasteiger partial charge in [-0.05, 0) is 24.1 Å². The van der Waals surface area contributed by atoms with E-state index in [1.165, 1.54) is 6.07 Å². The Labute approximate surface area is 149 Å². The van der Waals surface area contributed by atoms with Crippen molar-refractivity contribution in [2.75, 3.05) is 0 Å². The first kappa shape index (κ1) is 18.4. The third-order valence-electron chi connectivity index (χ3n) is 4.07. The van der Waals surface area contributed by atoms with Crippen molar-refractivity contribution in [2.24, 2.45) is 0 Å². The van der Waals surface area contributed by atoms with Crippen LogP contribution in [0.2, 0.25) is 0 Å². The second-order valence-corrected chi connectivity index (χ2v) is 5.97. The SMILES string of the molecule is Cc1ccccc1C(=O)O[C@H]1OC(O)[C@H](OCc2ccccc2)C1(F)F. The van der Waals surface area contributed by atoms with E-state index >= 15 is 0 Å². The molecule has 1 unspecified atom stereocenters. The molecule has 138 valence electrons. The van der Waals surface area contributed by atoms with Crippen LogP contribution in [0.25, 0.3) is 0 Å². The molecule has 0 bridgehead atoms. The second-order valence-electron chi connectivity index (χ2n) is 5.97. The van der Waals surface area contributed by atoms with Gasteiger partial charge in [-0.1, -0.05) is 48.5 Å². The maximum atomic E-state index is 14.5. The van der Waals surface area contributed by atoms with Crippen LogP contribution in [0.1, 0.15) is 21.5 Å². The maximum Gasteiger partial charge on any atom is 0.340 e. The van der Waals surface area contributed by atoms with Crippen molar-refractivity contribution < 1.29 is 32.9 Å². The first-order valence-corrected chi connectivity index (χ1v) is 8.03. The van der Waals surface area contributed by atoms with Gasteiger partial charge in [0.25, 0.3) is 6.29 Å². The molecule has 0 aromatic heterocycles. The van der Waals surface area contributed by atoms with E-state index in [1.54, 1.807) is 55.5 Å². The molecular weight excluding hydrogens is 346 g/mol. The van der Waals surface area contributed by atoms with Crippen molar-refractivity contribution >= 4 is 5.97 Å². The molecule has 3 rings (SSSR count). The smallest absolute Gasteiger partial charge is 0.340 e. The summed E-state index contributed by atoms with van der Waals surface area (Å²) in [6, 6.07) is 15.1. The Kier molecular flexibility index (Phi) is 5.31. The van der Waals surface area contributed by atoms with E-state index < -0.39 is 30.6 Å². The van der Waals surface area contributed by atoms with Crippen LogP contribution in [0.4, 0.5) is 8.78 Å². The third kappa shape index (κ3) is 3.75. The first-order valence-electron chi connectivity index (χ1n) is 8.03. The summed E-state index contributed by atoms with van der Waals surface area (Å²) >= 11 is 0. The van der Waals surface area contributed by atoms with E-state index in [0.717, 1.165) is 0 Å². The van der Waals surface area contributed by atoms with Crippen LogP contribution in [0.5, 0.6) is 0 Å². The molecule has 3 atom stereocenters. The zero-order valence-electron chi connectivity index (χ0n) is 14.0. The van der Waals surface area contributed by atoms with Gasteiger partial charge in [0.05, 0.1) is 12.2 Å². The normalized spacial score (nSPS) is 24.4. The molecule has 1 aliphatic heterocycles. The quantitative estimate of drug-likeness (QED) is 0.826. The Bertz CT molecular complexity index is 766. The summed E-state index contributed by atoms with van der Waals surface area (Å²) in [6.45, 7) is 1.52. The molecule has 1 fully saturated rings. The molecule has 2 aromatic carbocycles. The number of ether oxygens (including phenoxy) is 3. The van der Waals surface area contributed by atoms with Gasteiger partial charge in [-0.25, -0.2) is 4.79 Å². The molecule has 5 nitrogen and oxygen atoms in total. The summed E-state index contributed by atoms with van der Waals surface area (Å²) in [4.78, 5) is 12.1. The molecule has 0 radical (unpaired) electrons. The Hall–Kier alpha value is -2.35. The number of hydrogen-bond donors (Lipinski definition) is 1. The van der Waals surface area contributed by atoms with Gasteiger partial charge in [0.2, 0.25) is 0 Å². The number of esters is 1. The van der Waals surface area contributed by atoms with Gasteiger partial charge in [-0.2, -0.15) is 8.78 Å². The lowest BCUT2D eigenvalue weighted by Gasteiger charge is -2.22. The summed E-state index contributed by atoms with van der Waals surface area (Å²) in [7, 11) is 0. The molecule has 1 saturated heterocycles. The fourth-order valence-electron chi connectivity index (χ4n) is 2.64. The molecule has 0 aliphatic carbocycles. The number of aliphatic hydroxyl groups is 1. The second kappa shape index (κ2) is 7.49. The van der Waals surface area contributed by atoms with Gasteiger partial charge in [-0.3, -0.25) is 0 Å². The third-order valence-corrected chi connectivity index (χ3v) is 4.07. The number of benzene rings is 2. The van der Waals surface area contributed by atoms with Crippen molar-refractivity contribution in [3.05, 3.63) is 71.3 Å². The Morgan fingerprint density at radius 3 is 2.50 bits per heavy atom. The number of carbonyl (C=O) groups is 1. The van der Waals surface area contributed by atoms with Crippen molar-refractivity contribution in [3.63, 3.8) is 0 Å². The lowest BCUT2D eigenvalue weighted by molar-refractivity contribution is -0.212. The summed E-state index contributed by atoms with van der Waals surface area (Å²) in [5.74, 6) is -4.66. The van der Waals surface area contributed by atoms with Gasteiger partial charge >= 0.3 is 11.9 Å². The molecule has 2 aromatic rings. The van der Waals surface area contributed by atoms with E-state index in [2.05, 4.69) is 0 Å². The van der Waals surface area contributed by atoms with Crippen LogP contribution in [0, 0.1) is 6.92 Å².